The molecule has 1 saturated heterocycles. The molecule has 0 aliphatic carbocycles. The second kappa shape index (κ2) is 9.49. The highest BCUT2D eigenvalue weighted by Gasteiger charge is 2.33. The van der Waals surface area contributed by atoms with Crippen molar-refractivity contribution in [1.29, 1.82) is 0 Å². The van der Waals surface area contributed by atoms with Gasteiger partial charge < -0.3 is 20.1 Å². The van der Waals surface area contributed by atoms with Crippen molar-refractivity contribution in [2.24, 2.45) is 5.92 Å². The molecule has 1 aromatic carbocycles. The average Bonchev–Trinajstić information content (AvgIpc) is 3.29. The predicted octanol–water partition coefficient (Wildman–Crippen LogP) is 2.57. The van der Waals surface area contributed by atoms with Crippen LogP contribution in [0.15, 0.2) is 28.8 Å². The first-order valence-electron chi connectivity index (χ1n) is 9.77. The molecule has 1 aliphatic heterocycles. The zero-order chi connectivity index (χ0) is 20.8. The molecule has 3 rings (SSSR count). The molecule has 0 spiro atoms. The van der Waals surface area contributed by atoms with Crippen molar-refractivity contribution in [3.63, 3.8) is 0 Å². The lowest BCUT2D eigenvalue weighted by atomic mass is 10.1. The third kappa shape index (κ3) is 6.00. The van der Waals surface area contributed by atoms with Crippen LogP contribution in [0.1, 0.15) is 49.9 Å². The molecule has 29 heavy (non-hydrogen) atoms. The van der Waals surface area contributed by atoms with E-state index in [2.05, 4.69) is 34.6 Å². The summed E-state index contributed by atoms with van der Waals surface area (Å²) in [6, 6.07) is 5.81. The first kappa shape index (κ1) is 20.8. The molecule has 1 aliphatic rings. The second-order valence-electron chi connectivity index (χ2n) is 7.64. The number of aromatic nitrogens is 2. The van der Waals surface area contributed by atoms with Crippen LogP contribution in [0.25, 0.3) is 0 Å². The highest BCUT2D eigenvalue weighted by atomic mass is 19.1. The van der Waals surface area contributed by atoms with Crippen LogP contribution < -0.4 is 10.6 Å². The molecule has 0 radical (unpaired) electrons. The van der Waals surface area contributed by atoms with Crippen molar-refractivity contribution in [1.82, 2.24) is 25.7 Å². The van der Waals surface area contributed by atoms with E-state index in [4.69, 9.17) is 4.52 Å². The molecule has 2 N–H and O–H groups in total. The summed E-state index contributed by atoms with van der Waals surface area (Å²) in [5.41, 5.74) is 0.863. The van der Waals surface area contributed by atoms with Gasteiger partial charge in [-0.25, -0.2) is 9.18 Å². The zero-order valence-electron chi connectivity index (χ0n) is 16.7. The maximum absolute atomic E-state index is 13.0. The van der Waals surface area contributed by atoms with E-state index < -0.39 is 0 Å². The lowest BCUT2D eigenvalue weighted by Crippen LogP contribution is -2.36. The van der Waals surface area contributed by atoms with Crippen molar-refractivity contribution in [2.75, 3.05) is 13.1 Å². The number of carbonyl (C=O) groups excluding carboxylic acids is 2. The summed E-state index contributed by atoms with van der Waals surface area (Å²) >= 11 is 0. The van der Waals surface area contributed by atoms with Crippen LogP contribution in [0.5, 0.6) is 0 Å². The molecule has 1 aromatic heterocycles. The summed E-state index contributed by atoms with van der Waals surface area (Å²) in [4.78, 5) is 30.1. The van der Waals surface area contributed by atoms with Gasteiger partial charge >= 0.3 is 6.03 Å². The van der Waals surface area contributed by atoms with E-state index in [9.17, 15) is 14.0 Å². The van der Waals surface area contributed by atoms with Crippen molar-refractivity contribution >= 4 is 11.9 Å². The van der Waals surface area contributed by atoms with Crippen LogP contribution in [0.4, 0.5) is 9.18 Å². The Morgan fingerprint density at radius 3 is 2.79 bits per heavy atom. The standard InChI is InChI=1S/C20H26FN5O3/c1-13(2)7-8-22-20(28)23-10-17-24-19(25-29-17)15-9-18(27)26(12-15)11-14-3-5-16(21)6-4-14/h3-6,13,15H,7-12H2,1-2H3,(H2,22,23,28)/t15-/m0/s1. The van der Waals surface area contributed by atoms with E-state index >= 15 is 0 Å². The molecule has 156 valence electrons. The number of nitrogens with zero attached hydrogens (tertiary/aromatic N) is 3. The van der Waals surface area contributed by atoms with E-state index in [0.29, 0.717) is 43.7 Å². The van der Waals surface area contributed by atoms with E-state index in [-0.39, 0.29) is 30.2 Å². The predicted molar refractivity (Wildman–Crippen MR) is 103 cm³/mol. The number of amides is 3. The molecular weight excluding hydrogens is 377 g/mol. The van der Waals surface area contributed by atoms with Crippen molar-refractivity contribution < 1.29 is 18.5 Å². The van der Waals surface area contributed by atoms with Crippen molar-refractivity contribution in [3.05, 3.63) is 47.4 Å². The smallest absolute Gasteiger partial charge is 0.315 e. The van der Waals surface area contributed by atoms with Gasteiger partial charge in [0, 0.05) is 32.0 Å². The number of hydrogen-bond donors (Lipinski definition) is 2. The number of likely N-dealkylation sites (tertiary alicyclic amines) is 1. The summed E-state index contributed by atoms with van der Waals surface area (Å²) in [6.07, 6.45) is 1.20. The molecule has 0 bridgehead atoms. The molecule has 3 amide bonds. The van der Waals surface area contributed by atoms with Gasteiger partial charge in [0.2, 0.25) is 11.8 Å². The van der Waals surface area contributed by atoms with Crippen molar-refractivity contribution in [3.8, 4) is 0 Å². The Kier molecular flexibility index (Phi) is 6.79. The Balaban J connectivity index is 1.48. The van der Waals surface area contributed by atoms with Crippen LogP contribution in [0, 0.1) is 11.7 Å². The van der Waals surface area contributed by atoms with Gasteiger partial charge in [0.05, 0.1) is 6.54 Å². The fraction of sp³-hybridized carbons (Fsp3) is 0.500. The normalized spacial score (nSPS) is 16.5. The quantitative estimate of drug-likeness (QED) is 0.706. The van der Waals surface area contributed by atoms with Gasteiger partial charge in [-0.2, -0.15) is 4.98 Å². The molecular formula is C20H26FN5O3. The Morgan fingerprint density at radius 1 is 1.31 bits per heavy atom. The number of carbonyl (C=O) groups is 2. The van der Waals surface area contributed by atoms with Gasteiger partial charge in [-0.15, -0.1) is 0 Å². The third-order valence-corrected chi connectivity index (χ3v) is 4.76. The van der Waals surface area contributed by atoms with Gasteiger partial charge in [-0.3, -0.25) is 4.79 Å². The Hall–Kier alpha value is -2.97. The number of hydrogen-bond acceptors (Lipinski definition) is 5. The fourth-order valence-electron chi connectivity index (χ4n) is 3.11. The van der Waals surface area contributed by atoms with E-state index in [1.54, 1.807) is 17.0 Å². The van der Waals surface area contributed by atoms with Crippen LogP contribution in [0.2, 0.25) is 0 Å². The van der Waals surface area contributed by atoms with Gasteiger partial charge in [0.15, 0.2) is 5.82 Å². The molecule has 1 atom stereocenters. The van der Waals surface area contributed by atoms with Gasteiger partial charge in [0.1, 0.15) is 5.82 Å². The maximum atomic E-state index is 13.0. The average molecular weight is 403 g/mol. The Bertz CT molecular complexity index is 837. The minimum absolute atomic E-state index is 0.00618. The SMILES string of the molecule is CC(C)CCNC(=O)NCc1nc([C@H]2CC(=O)N(Cc3ccc(F)cc3)C2)no1. The Labute approximate surface area is 168 Å². The first-order chi connectivity index (χ1) is 13.9. The number of rotatable bonds is 8. The topological polar surface area (TPSA) is 100 Å². The summed E-state index contributed by atoms with van der Waals surface area (Å²) < 4.78 is 18.2. The monoisotopic (exact) mass is 403 g/mol. The number of nitrogens with one attached hydrogen (secondary N) is 2. The van der Waals surface area contributed by atoms with Gasteiger partial charge in [0.25, 0.3) is 0 Å². The minimum Gasteiger partial charge on any atom is -0.338 e. The summed E-state index contributed by atoms with van der Waals surface area (Å²) in [7, 11) is 0. The van der Waals surface area contributed by atoms with E-state index in [1.807, 2.05) is 0 Å². The molecule has 1 fully saturated rings. The van der Waals surface area contributed by atoms with Crippen LogP contribution in [-0.4, -0.2) is 40.1 Å². The second-order valence-corrected chi connectivity index (χ2v) is 7.64. The molecule has 2 aromatic rings. The third-order valence-electron chi connectivity index (χ3n) is 4.76. The maximum Gasteiger partial charge on any atom is 0.315 e. The highest BCUT2D eigenvalue weighted by Crippen LogP contribution is 2.27. The summed E-state index contributed by atoms with van der Waals surface area (Å²) in [6.45, 7) is 5.80. The van der Waals surface area contributed by atoms with Gasteiger partial charge in [-0.1, -0.05) is 31.1 Å². The zero-order valence-corrected chi connectivity index (χ0v) is 16.7. The lowest BCUT2D eigenvalue weighted by Gasteiger charge is -2.16. The summed E-state index contributed by atoms with van der Waals surface area (Å²) in [5.74, 6) is 0.792. The minimum atomic E-state index is -0.305. The first-order valence-corrected chi connectivity index (χ1v) is 9.77. The van der Waals surface area contributed by atoms with Crippen LogP contribution in [-0.2, 0) is 17.9 Å². The van der Waals surface area contributed by atoms with Crippen molar-refractivity contribution in [2.45, 2.75) is 45.7 Å². The fourth-order valence-corrected chi connectivity index (χ4v) is 3.11. The van der Waals surface area contributed by atoms with Crippen LogP contribution in [0.3, 0.4) is 0 Å². The molecule has 9 heteroatoms. The Morgan fingerprint density at radius 2 is 2.07 bits per heavy atom. The molecule has 8 nitrogen and oxygen atoms in total. The number of halogens is 1. The lowest BCUT2D eigenvalue weighted by molar-refractivity contribution is -0.128. The molecule has 2 heterocycles. The molecule has 0 unspecified atom stereocenters. The largest absolute Gasteiger partial charge is 0.338 e. The van der Waals surface area contributed by atoms with Crippen LogP contribution >= 0.6 is 0 Å². The number of urea groups is 1. The number of benzene rings is 1. The van der Waals surface area contributed by atoms with Gasteiger partial charge in [-0.05, 0) is 30.0 Å². The van der Waals surface area contributed by atoms with E-state index in [1.165, 1.54) is 12.1 Å². The molecule has 0 saturated carbocycles. The van der Waals surface area contributed by atoms with E-state index in [0.717, 1.165) is 12.0 Å². The highest BCUT2D eigenvalue weighted by molar-refractivity contribution is 5.79. The summed E-state index contributed by atoms with van der Waals surface area (Å²) in [5, 5.41) is 9.41.